The summed E-state index contributed by atoms with van der Waals surface area (Å²) in [5.74, 6) is 0.0308. The van der Waals surface area contributed by atoms with Gasteiger partial charge < -0.3 is 11.1 Å². The normalized spacial score (nSPS) is 17.2. The number of carbonyl (C=O) groups excluding carboxylic acids is 1. The van der Waals surface area contributed by atoms with Crippen molar-refractivity contribution in [3.8, 4) is 5.69 Å². The lowest BCUT2D eigenvalue weighted by Gasteiger charge is -2.17. The highest BCUT2D eigenvalue weighted by Gasteiger charge is 2.28. The molecule has 1 atom stereocenters. The standard InChI is InChI=1S/C17H17N5OS/c1-10-7-11(22-6-2-5-20-22)3-4-12(10)13-8-15(23)19-9-14-16(13)24-17(18)21-14/h2-7,13H,8-9H2,1H3,(H2,18,21)(H,19,23). The quantitative estimate of drug-likeness (QED) is 0.750. The molecule has 1 amide bonds. The molecule has 1 aliphatic heterocycles. The first kappa shape index (κ1) is 14.9. The lowest BCUT2D eigenvalue weighted by molar-refractivity contribution is -0.121. The molecule has 122 valence electrons. The number of amides is 1. The number of nitrogens with two attached hydrogens (primary N) is 1. The van der Waals surface area contributed by atoms with Crippen molar-refractivity contribution >= 4 is 22.4 Å². The van der Waals surface area contributed by atoms with Gasteiger partial charge in [0.1, 0.15) is 0 Å². The molecule has 0 fully saturated rings. The van der Waals surface area contributed by atoms with Gasteiger partial charge in [-0.1, -0.05) is 6.07 Å². The van der Waals surface area contributed by atoms with Crippen molar-refractivity contribution in [2.45, 2.75) is 25.8 Å². The van der Waals surface area contributed by atoms with Gasteiger partial charge in [-0.2, -0.15) is 5.10 Å². The fraction of sp³-hybridized carbons (Fsp3) is 0.235. The number of aromatic nitrogens is 3. The summed E-state index contributed by atoms with van der Waals surface area (Å²) in [5, 5.41) is 7.71. The molecule has 3 N–H and O–H groups in total. The van der Waals surface area contributed by atoms with E-state index in [0.29, 0.717) is 18.1 Å². The summed E-state index contributed by atoms with van der Waals surface area (Å²) in [6, 6.07) is 8.10. The van der Waals surface area contributed by atoms with Gasteiger partial charge in [0, 0.05) is 29.6 Å². The van der Waals surface area contributed by atoms with E-state index >= 15 is 0 Å². The summed E-state index contributed by atoms with van der Waals surface area (Å²) in [5.41, 5.74) is 10.0. The van der Waals surface area contributed by atoms with Gasteiger partial charge >= 0.3 is 0 Å². The first-order valence-corrected chi connectivity index (χ1v) is 8.56. The minimum absolute atomic E-state index is 0.0102. The predicted octanol–water partition coefficient (Wildman–Crippen LogP) is 2.37. The molecule has 0 radical (unpaired) electrons. The summed E-state index contributed by atoms with van der Waals surface area (Å²) in [4.78, 5) is 17.6. The molecule has 0 spiro atoms. The SMILES string of the molecule is Cc1cc(-n2cccn2)ccc1C1CC(=O)NCc2nc(N)sc21. The lowest BCUT2D eigenvalue weighted by Crippen LogP contribution is -2.21. The number of nitrogens with one attached hydrogen (secondary N) is 1. The first-order chi connectivity index (χ1) is 11.6. The van der Waals surface area contributed by atoms with Crippen LogP contribution in [0.25, 0.3) is 5.69 Å². The van der Waals surface area contributed by atoms with E-state index in [2.05, 4.69) is 34.5 Å². The minimum Gasteiger partial charge on any atom is -0.375 e. The van der Waals surface area contributed by atoms with Crippen LogP contribution >= 0.6 is 11.3 Å². The Hall–Kier alpha value is -2.67. The van der Waals surface area contributed by atoms with Crippen LogP contribution in [0.1, 0.15) is 34.0 Å². The van der Waals surface area contributed by atoms with E-state index < -0.39 is 0 Å². The number of thiazole rings is 1. The Bertz CT molecular complexity index is 900. The predicted molar refractivity (Wildman–Crippen MR) is 93.1 cm³/mol. The fourth-order valence-corrected chi connectivity index (χ4v) is 4.15. The fourth-order valence-electron chi connectivity index (χ4n) is 3.18. The van der Waals surface area contributed by atoms with E-state index in [1.54, 1.807) is 6.20 Å². The highest BCUT2D eigenvalue weighted by Crippen LogP contribution is 2.38. The second-order valence-corrected chi connectivity index (χ2v) is 6.95. The van der Waals surface area contributed by atoms with Crippen molar-refractivity contribution in [2.24, 2.45) is 0 Å². The summed E-state index contributed by atoms with van der Waals surface area (Å²) >= 11 is 1.48. The average Bonchev–Trinajstić information content (AvgIpc) is 3.18. The third-order valence-corrected chi connectivity index (χ3v) is 5.34. The molecule has 0 saturated carbocycles. The zero-order valence-electron chi connectivity index (χ0n) is 13.2. The topological polar surface area (TPSA) is 85.8 Å². The number of aryl methyl sites for hydroxylation is 1. The number of fused-ring (bicyclic) bond motifs is 1. The van der Waals surface area contributed by atoms with Gasteiger partial charge in [0.15, 0.2) is 5.13 Å². The van der Waals surface area contributed by atoms with Crippen molar-refractivity contribution in [1.29, 1.82) is 0 Å². The van der Waals surface area contributed by atoms with Gasteiger partial charge in [-0.25, -0.2) is 9.67 Å². The highest BCUT2D eigenvalue weighted by molar-refractivity contribution is 7.15. The largest absolute Gasteiger partial charge is 0.375 e. The molecule has 0 saturated heterocycles. The number of rotatable bonds is 2. The van der Waals surface area contributed by atoms with Crippen LogP contribution in [0.5, 0.6) is 0 Å². The molecule has 7 heteroatoms. The number of nitrogens with zero attached hydrogens (tertiary/aromatic N) is 3. The van der Waals surface area contributed by atoms with E-state index in [4.69, 9.17) is 5.73 Å². The van der Waals surface area contributed by atoms with Crippen molar-refractivity contribution in [2.75, 3.05) is 5.73 Å². The number of benzene rings is 1. The van der Waals surface area contributed by atoms with E-state index in [9.17, 15) is 4.79 Å². The zero-order valence-corrected chi connectivity index (χ0v) is 14.0. The molecule has 1 unspecified atom stereocenters. The summed E-state index contributed by atoms with van der Waals surface area (Å²) in [6.45, 7) is 2.51. The lowest BCUT2D eigenvalue weighted by atomic mass is 9.90. The van der Waals surface area contributed by atoms with Crippen LogP contribution in [-0.4, -0.2) is 20.7 Å². The van der Waals surface area contributed by atoms with Gasteiger partial charge in [0.25, 0.3) is 0 Å². The molecule has 1 aliphatic rings. The van der Waals surface area contributed by atoms with Gasteiger partial charge in [-0.15, -0.1) is 11.3 Å². The van der Waals surface area contributed by atoms with Crippen molar-refractivity contribution < 1.29 is 4.79 Å². The molecule has 0 aliphatic carbocycles. The van der Waals surface area contributed by atoms with Crippen LogP contribution in [0, 0.1) is 6.92 Å². The molecule has 2 aromatic heterocycles. The van der Waals surface area contributed by atoms with Crippen LogP contribution in [0.2, 0.25) is 0 Å². The monoisotopic (exact) mass is 339 g/mol. The van der Waals surface area contributed by atoms with Gasteiger partial charge in [0.05, 0.1) is 17.9 Å². The molecule has 6 nitrogen and oxygen atoms in total. The van der Waals surface area contributed by atoms with E-state index in [0.717, 1.165) is 27.4 Å². The van der Waals surface area contributed by atoms with Crippen molar-refractivity contribution in [3.63, 3.8) is 0 Å². The molecule has 24 heavy (non-hydrogen) atoms. The Morgan fingerprint density at radius 2 is 2.29 bits per heavy atom. The molecular weight excluding hydrogens is 322 g/mol. The van der Waals surface area contributed by atoms with Gasteiger partial charge in [-0.05, 0) is 36.2 Å². The number of nitrogen functional groups attached to an aromatic ring is 1. The molecule has 1 aromatic carbocycles. The molecule has 4 rings (SSSR count). The Morgan fingerprint density at radius 3 is 3.04 bits per heavy atom. The van der Waals surface area contributed by atoms with Crippen LogP contribution in [-0.2, 0) is 11.3 Å². The van der Waals surface area contributed by atoms with Crippen molar-refractivity contribution in [1.82, 2.24) is 20.1 Å². The van der Waals surface area contributed by atoms with Gasteiger partial charge in [0.2, 0.25) is 5.91 Å². The maximum absolute atomic E-state index is 12.1. The Labute approximate surface area is 143 Å². The third kappa shape index (κ3) is 2.56. The summed E-state index contributed by atoms with van der Waals surface area (Å²) < 4.78 is 1.83. The summed E-state index contributed by atoms with van der Waals surface area (Å²) in [7, 11) is 0. The Balaban J connectivity index is 1.78. The maximum atomic E-state index is 12.1. The Kier molecular flexibility index (Phi) is 3.57. The second-order valence-electron chi connectivity index (χ2n) is 5.89. The highest BCUT2D eigenvalue weighted by atomic mass is 32.1. The van der Waals surface area contributed by atoms with Crippen molar-refractivity contribution in [3.05, 3.63) is 58.4 Å². The van der Waals surface area contributed by atoms with E-state index in [-0.39, 0.29) is 11.8 Å². The Morgan fingerprint density at radius 1 is 1.42 bits per heavy atom. The van der Waals surface area contributed by atoms with E-state index in [1.165, 1.54) is 11.3 Å². The van der Waals surface area contributed by atoms with E-state index in [1.807, 2.05) is 23.0 Å². The molecule has 0 bridgehead atoms. The summed E-state index contributed by atoms with van der Waals surface area (Å²) in [6.07, 6.45) is 4.08. The molecule has 3 aromatic rings. The van der Waals surface area contributed by atoms with Crippen LogP contribution < -0.4 is 11.1 Å². The number of anilines is 1. The zero-order chi connectivity index (χ0) is 16.7. The first-order valence-electron chi connectivity index (χ1n) is 7.74. The smallest absolute Gasteiger partial charge is 0.221 e. The number of carbonyl (C=O) groups is 1. The average molecular weight is 339 g/mol. The maximum Gasteiger partial charge on any atom is 0.221 e. The molecule has 3 heterocycles. The third-order valence-electron chi connectivity index (χ3n) is 4.30. The number of hydrogen-bond donors (Lipinski definition) is 2. The second kappa shape index (κ2) is 5.76. The van der Waals surface area contributed by atoms with Crippen LogP contribution in [0.3, 0.4) is 0 Å². The van der Waals surface area contributed by atoms with Crippen LogP contribution in [0.15, 0.2) is 36.7 Å². The minimum atomic E-state index is -0.0102. The number of hydrogen-bond acceptors (Lipinski definition) is 5. The van der Waals surface area contributed by atoms with Gasteiger partial charge in [-0.3, -0.25) is 4.79 Å². The molecular formula is C17H17N5OS. The van der Waals surface area contributed by atoms with Crippen LogP contribution in [0.4, 0.5) is 5.13 Å².